The first-order valence-electron chi connectivity index (χ1n) is 10.3. The highest BCUT2D eigenvalue weighted by Gasteiger charge is 2.53. The van der Waals surface area contributed by atoms with Gasteiger partial charge in [0.2, 0.25) is 0 Å². The Morgan fingerprint density at radius 3 is 2.57 bits per heavy atom. The topological polar surface area (TPSA) is 89.9 Å². The molecule has 1 heterocycles. The minimum atomic E-state index is -0.995. The summed E-state index contributed by atoms with van der Waals surface area (Å²) in [7, 11) is 1.46. The number of carbonyl (C=O) groups excluding carboxylic acids is 3. The number of ketones is 2. The van der Waals surface area contributed by atoms with Gasteiger partial charge in [0.05, 0.1) is 12.7 Å². The van der Waals surface area contributed by atoms with Crippen LogP contribution in [0.4, 0.5) is 0 Å². The summed E-state index contributed by atoms with van der Waals surface area (Å²) in [4.78, 5) is 37.6. The molecule has 0 unspecified atom stereocenters. The molecule has 30 heavy (non-hydrogen) atoms. The van der Waals surface area contributed by atoms with Gasteiger partial charge in [-0.25, -0.2) is 0 Å². The lowest BCUT2D eigenvalue weighted by atomic mass is 9.78. The summed E-state index contributed by atoms with van der Waals surface area (Å²) in [6.45, 7) is 9.52. The molecule has 0 bridgehead atoms. The number of benzene rings is 1. The second-order valence-electron chi connectivity index (χ2n) is 8.82. The predicted molar refractivity (Wildman–Crippen MR) is 114 cm³/mol. The van der Waals surface area contributed by atoms with Crippen LogP contribution in [0.1, 0.15) is 64.2 Å². The molecule has 1 aliphatic rings. The van der Waals surface area contributed by atoms with Crippen LogP contribution in [-0.2, 0) is 14.3 Å². The van der Waals surface area contributed by atoms with Crippen LogP contribution < -0.4 is 4.74 Å². The molecule has 1 fully saturated rings. The van der Waals surface area contributed by atoms with Gasteiger partial charge in [-0.2, -0.15) is 0 Å². The van der Waals surface area contributed by atoms with Crippen molar-refractivity contribution in [3.8, 4) is 11.5 Å². The molecule has 6 nitrogen and oxygen atoms in total. The van der Waals surface area contributed by atoms with E-state index in [9.17, 15) is 19.5 Å². The third kappa shape index (κ3) is 5.29. The molecule has 0 radical (unpaired) electrons. The number of hydrogen-bond donors (Lipinski definition) is 1. The molecule has 1 N–H and O–H groups in total. The summed E-state index contributed by atoms with van der Waals surface area (Å²) >= 11 is 0. The van der Waals surface area contributed by atoms with Gasteiger partial charge in [0.1, 0.15) is 28.8 Å². The second-order valence-corrected chi connectivity index (χ2v) is 8.82. The number of rotatable bonds is 9. The number of phenols is 1. The van der Waals surface area contributed by atoms with Gasteiger partial charge in [-0.15, -0.1) is 0 Å². The van der Waals surface area contributed by atoms with Gasteiger partial charge in [-0.1, -0.05) is 32.4 Å². The number of hydrogen-bond acceptors (Lipinski definition) is 6. The SMILES string of the molecule is COc1ccc(C(=O)[C@H]2C(=O)O[C@@](C)(C/C=C(\C)CC(=O)CC(C)C)[C@@H]2C)c(O)c1. The molecule has 164 valence electrons. The Morgan fingerprint density at radius 1 is 1.33 bits per heavy atom. The van der Waals surface area contributed by atoms with Crippen LogP contribution in [0.25, 0.3) is 0 Å². The molecular formula is C24H32O6. The molecule has 0 saturated carbocycles. The van der Waals surface area contributed by atoms with E-state index in [0.29, 0.717) is 30.9 Å². The van der Waals surface area contributed by atoms with E-state index in [4.69, 9.17) is 9.47 Å². The first kappa shape index (κ1) is 23.6. The molecule has 2 rings (SSSR count). The normalized spacial score (nSPS) is 24.1. The first-order valence-corrected chi connectivity index (χ1v) is 10.3. The molecule has 3 atom stereocenters. The first-order chi connectivity index (χ1) is 14.0. The zero-order valence-corrected chi connectivity index (χ0v) is 18.7. The molecule has 6 heteroatoms. The number of allylic oxidation sites excluding steroid dienone is 1. The summed E-state index contributed by atoms with van der Waals surface area (Å²) in [5.41, 5.74) is 0.134. The number of carbonyl (C=O) groups is 3. The van der Waals surface area contributed by atoms with Gasteiger partial charge in [0.25, 0.3) is 0 Å². The van der Waals surface area contributed by atoms with Gasteiger partial charge in [-0.3, -0.25) is 14.4 Å². The van der Waals surface area contributed by atoms with Gasteiger partial charge in [-0.05, 0) is 31.9 Å². The van der Waals surface area contributed by atoms with Crippen LogP contribution in [-0.4, -0.2) is 35.4 Å². The highest BCUT2D eigenvalue weighted by Crippen LogP contribution is 2.42. The van der Waals surface area contributed by atoms with Gasteiger partial charge < -0.3 is 14.6 Å². The van der Waals surface area contributed by atoms with Crippen molar-refractivity contribution in [1.29, 1.82) is 0 Å². The Morgan fingerprint density at radius 2 is 2.00 bits per heavy atom. The maximum atomic E-state index is 13.0. The number of aromatic hydroxyl groups is 1. The van der Waals surface area contributed by atoms with Crippen LogP contribution in [0.15, 0.2) is 29.8 Å². The minimum absolute atomic E-state index is 0.0693. The molecule has 0 spiro atoms. The highest BCUT2D eigenvalue weighted by atomic mass is 16.6. The summed E-state index contributed by atoms with van der Waals surface area (Å²) in [5.74, 6) is -1.75. The second kappa shape index (κ2) is 9.45. The number of cyclic esters (lactones) is 1. The number of methoxy groups -OCH3 is 1. The third-order valence-corrected chi connectivity index (χ3v) is 5.77. The fourth-order valence-corrected chi connectivity index (χ4v) is 3.81. The van der Waals surface area contributed by atoms with Crippen molar-refractivity contribution in [3.05, 3.63) is 35.4 Å². The number of esters is 1. The molecule has 0 aliphatic carbocycles. The van der Waals surface area contributed by atoms with E-state index in [1.54, 1.807) is 19.9 Å². The lowest BCUT2D eigenvalue weighted by Crippen LogP contribution is -2.33. The Bertz CT molecular complexity index is 853. The Kier molecular flexibility index (Phi) is 7.45. The number of ether oxygens (including phenoxy) is 2. The van der Waals surface area contributed by atoms with Crippen molar-refractivity contribution >= 4 is 17.5 Å². The summed E-state index contributed by atoms with van der Waals surface area (Å²) < 4.78 is 10.7. The van der Waals surface area contributed by atoms with Crippen molar-refractivity contribution in [2.24, 2.45) is 17.8 Å². The standard InChI is InChI=1S/C24H32O6/c1-14(2)11-17(25)12-15(3)9-10-24(5)16(4)21(23(28)30-24)22(27)19-8-7-18(29-6)13-20(19)26/h7-9,13-14,16,21,26H,10-12H2,1-6H3/b15-9+/t16-,21+,24+/m1/s1. The van der Waals surface area contributed by atoms with E-state index in [0.717, 1.165) is 5.57 Å². The highest BCUT2D eigenvalue weighted by molar-refractivity contribution is 6.11. The molecule has 1 aromatic carbocycles. The molecule has 1 saturated heterocycles. The average molecular weight is 417 g/mol. The minimum Gasteiger partial charge on any atom is -0.507 e. The Balaban J connectivity index is 2.14. The predicted octanol–water partition coefficient (Wildman–Crippen LogP) is 4.49. The fraction of sp³-hybridized carbons (Fsp3) is 0.542. The number of phenolic OH excluding ortho intramolecular Hbond substituents is 1. The van der Waals surface area contributed by atoms with E-state index in [2.05, 4.69) is 0 Å². The third-order valence-electron chi connectivity index (χ3n) is 5.77. The summed E-state index contributed by atoms with van der Waals surface area (Å²) in [6.07, 6.45) is 3.24. The largest absolute Gasteiger partial charge is 0.507 e. The summed E-state index contributed by atoms with van der Waals surface area (Å²) in [6, 6.07) is 4.37. The zero-order chi connectivity index (χ0) is 22.6. The lowest BCUT2D eigenvalue weighted by molar-refractivity contribution is -0.148. The van der Waals surface area contributed by atoms with Crippen LogP contribution >= 0.6 is 0 Å². The fourth-order valence-electron chi connectivity index (χ4n) is 3.81. The summed E-state index contributed by atoms with van der Waals surface area (Å²) in [5, 5.41) is 10.2. The number of Topliss-reactive ketones (excluding diaryl/α,β-unsaturated/α-hetero) is 2. The Labute approximate surface area is 178 Å². The molecule has 0 aromatic heterocycles. The maximum absolute atomic E-state index is 13.0. The van der Waals surface area contributed by atoms with Gasteiger partial charge in [0, 0.05) is 31.2 Å². The van der Waals surface area contributed by atoms with Crippen LogP contribution in [0.2, 0.25) is 0 Å². The van der Waals surface area contributed by atoms with E-state index in [-0.39, 0.29) is 17.1 Å². The van der Waals surface area contributed by atoms with Crippen LogP contribution in [0.5, 0.6) is 11.5 Å². The van der Waals surface area contributed by atoms with E-state index >= 15 is 0 Å². The molecule has 1 aliphatic heterocycles. The van der Waals surface area contributed by atoms with Gasteiger partial charge >= 0.3 is 5.97 Å². The van der Waals surface area contributed by atoms with E-state index in [1.807, 2.05) is 26.8 Å². The smallest absolute Gasteiger partial charge is 0.317 e. The average Bonchev–Trinajstić information content (AvgIpc) is 2.87. The van der Waals surface area contributed by atoms with Crippen molar-refractivity contribution in [2.45, 2.75) is 59.5 Å². The van der Waals surface area contributed by atoms with Crippen LogP contribution in [0.3, 0.4) is 0 Å². The molecule has 1 aromatic rings. The zero-order valence-electron chi connectivity index (χ0n) is 18.7. The van der Waals surface area contributed by atoms with E-state index < -0.39 is 29.2 Å². The van der Waals surface area contributed by atoms with Crippen molar-refractivity contribution in [2.75, 3.05) is 7.11 Å². The monoisotopic (exact) mass is 416 g/mol. The molecular weight excluding hydrogens is 384 g/mol. The quantitative estimate of drug-likeness (QED) is 0.276. The van der Waals surface area contributed by atoms with Crippen molar-refractivity contribution < 1.29 is 29.0 Å². The van der Waals surface area contributed by atoms with Crippen LogP contribution in [0, 0.1) is 17.8 Å². The van der Waals surface area contributed by atoms with Crippen molar-refractivity contribution in [1.82, 2.24) is 0 Å². The van der Waals surface area contributed by atoms with Gasteiger partial charge in [0.15, 0.2) is 5.78 Å². The lowest BCUT2D eigenvalue weighted by Gasteiger charge is -2.27. The Hall–Kier alpha value is -2.63. The van der Waals surface area contributed by atoms with E-state index in [1.165, 1.54) is 19.2 Å². The maximum Gasteiger partial charge on any atom is 0.317 e. The molecule has 0 amide bonds. The van der Waals surface area contributed by atoms with Crippen molar-refractivity contribution in [3.63, 3.8) is 0 Å².